The predicted molar refractivity (Wildman–Crippen MR) is 155 cm³/mol. The molecule has 0 radical (unpaired) electrons. The first-order chi connectivity index (χ1) is 21.6. The van der Waals surface area contributed by atoms with E-state index in [2.05, 4.69) is 10.6 Å². The molecule has 0 spiro atoms. The lowest BCUT2D eigenvalue weighted by molar-refractivity contribution is -0.136. The zero-order valence-corrected chi connectivity index (χ0v) is 25.1. The second kappa shape index (κ2) is 18.7. The van der Waals surface area contributed by atoms with Gasteiger partial charge in [0.1, 0.15) is 18.4 Å². The molecule has 4 amide bonds. The molecule has 3 aliphatic rings. The third kappa shape index (κ3) is 10.3. The van der Waals surface area contributed by atoms with E-state index in [9.17, 15) is 19.2 Å². The molecular weight excluding hydrogens is 578 g/mol. The Morgan fingerprint density at radius 2 is 1.25 bits per heavy atom. The second-order valence-electron chi connectivity index (χ2n) is 10.4. The van der Waals surface area contributed by atoms with Gasteiger partial charge in [0.25, 0.3) is 11.8 Å². The minimum atomic E-state index is -1.03. The Labute approximate surface area is 256 Å². The molecule has 244 valence electrons. The molecule has 1 unspecified atom stereocenters. The van der Waals surface area contributed by atoms with Crippen molar-refractivity contribution in [2.24, 2.45) is 0 Å². The zero-order chi connectivity index (χ0) is 31.0. The van der Waals surface area contributed by atoms with E-state index in [1.807, 2.05) is 0 Å². The highest BCUT2D eigenvalue weighted by molar-refractivity contribution is 6.24. The molecule has 0 bridgehead atoms. The van der Waals surface area contributed by atoms with Crippen LogP contribution in [0.4, 0.5) is 0 Å². The summed E-state index contributed by atoms with van der Waals surface area (Å²) in [6.45, 7) is 7.21. The van der Waals surface area contributed by atoms with E-state index in [0.717, 1.165) is 30.8 Å². The Morgan fingerprint density at radius 3 is 1.84 bits per heavy atom. The number of carbonyl (C=O) groups excluding carboxylic acids is 4. The monoisotopic (exact) mass is 621 g/mol. The number of nitrogens with one attached hydrogen (secondary N) is 2. The molecule has 3 heterocycles. The number of hydrogen-bond acceptors (Lipinski definition) is 12. The minimum absolute atomic E-state index is 0.0581. The van der Waals surface area contributed by atoms with Crippen LogP contribution in [0.25, 0.3) is 0 Å². The third-order valence-corrected chi connectivity index (χ3v) is 7.27. The summed E-state index contributed by atoms with van der Waals surface area (Å²) in [5.41, 5.74) is 0.274. The molecule has 0 saturated carbocycles. The molecular formula is C30H43N3O11. The standard InChI is InChI=1S/C30H43N3O11/c34-26-5-4-24(28(35)32-26)33-29(36)23-2-1-3-25(27(23)30(33)37)44-21-19-42-17-15-40-13-11-38-10-12-39-14-16-41-18-20-43-22-6-8-31-9-7-22/h1-3,22,24,31H,4-21H2,(H,32,34,35). The number of piperidine rings is 2. The van der Waals surface area contributed by atoms with Crippen LogP contribution >= 0.6 is 0 Å². The number of rotatable bonds is 21. The van der Waals surface area contributed by atoms with Crippen molar-refractivity contribution in [2.75, 3.05) is 92.4 Å². The molecule has 14 heteroatoms. The van der Waals surface area contributed by atoms with E-state index in [4.69, 9.17) is 33.2 Å². The molecule has 44 heavy (non-hydrogen) atoms. The summed E-state index contributed by atoms with van der Waals surface area (Å²) >= 11 is 0. The van der Waals surface area contributed by atoms with Crippen LogP contribution in [0, 0.1) is 0 Å². The van der Waals surface area contributed by atoms with E-state index in [-0.39, 0.29) is 42.9 Å². The van der Waals surface area contributed by atoms with Crippen LogP contribution in [-0.2, 0) is 38.0 Å². The molecule has 0 aromatic heterocycles. The van der Waals surface area contributed by atoms with Gasteiger partial charge in [0.15, 0.2) is 0 Å². The summed E-state index contributed by atoms with van der Waals surface area (Å²) in [6, 6.07) is 3.69. The summed E-state index contributed by atoms with van der Waals surface area (Å²) < 4.78 is 39.0. The van der Waals surface area contributed by atoms with Gasteiger partial charge < -0.3 is 38.5 Å². The SMILES string of the molecule is O=C1CCC(N2C(=O)c3cccc(OCCOCCOCCOCCOCCOCCOC4CCNCC4)c3C2=O)C(=O)N1. The summed E-state index contributed by atoms with van der Waals surface area (Å²) in [5.74, 6) is -2.03. The average Bonchev–Trinajstić information content (AvgIpc) is 3.28. The van der Waals surface area contributed by atoms with E-state index < -0.39 is 29.7 Å². The van der Waals surface area contributed by atoms with Crippen LogP contribution in [0.15, 0.2) is 18.2 Å². The molecule has 3 aliphatic heterocycles. The molecule has 2 N–H and O–H groups in total. The number of amides is 4. The lowest BCUT2D eigenvalue weighted by Gasteiger charge is -2.27. The van der Waals surface area contributed by atoms with Gasteiger partial charge in [0.05, 0.1) is 89.9 Å². The Morgan fingerprint density at radius 1 is 0.682 bits per heavy atom. The summed E-state index contributed by atoms with van der Waals surface area (Å²) in [6.07, 6.45) is 2.61. The Bertz CT molecular complexity index is 1100. The van der Waals surface area contributed by atoms with Gasteiger partial charge in [-0.25, -0.2) is 0 Å². The summed E-state index contributed by atoms with van der Waals surface area (Å²) in [7, 11) is 0. The molecule has 4 rings (SSSR count). The maximum absolute atomic E-state index is 13.1. The van der Waals surface area contributed by atoms with Crippen molar-refractivity contribution in [3.63, 3.8) is 0 Å². The molecule has 0 aliphatic carbocycles. The largest absolute Gasteiger partial charge is 0.490 e. The van der Waals surface area contributed by atoms with Crippen LogP contribution < -0.4 is 15.4 Å². The summed E-state index contributed by atoms with van der Waals surface area (Å²) in [4.78, 5) is 50.6. The third-order valence-electron chi connectivity index (χ3n) is 7.27. The van der Waals surface area contributed by atoms with Crippen molar-refractivity contribution in [3.05, 3.63) is 29.3 Å². The van der Waals surface area contributed by atoms with Crippen molar-refractivity contribution in [2.45, 2.75) is 37.8 Å². The first-order valence-electron chi connectivity index (χ1n) is 15.2. The lowest BCUT2D eigenvalue weighted by atomic mass is 10.0. The number of nitrogens with zero attached hydrogens (tertiary/aromatic N) is 1. The topological polar surface area (TPSA) is 160 Å². The van der Waals surface area contributed by atoms with Crippen LogP contribution in [0.5, 0.6) is 5.75 Å². The Hall–Kier alpha value is -2.98. The van der Waals surface area contributed by atoms with Crippen molar-refractivity contribution in [1.82, 2.24) is 15.5 Å². The Kier molecular flexibility index (Phi) is 14.4. The fourth-order valence-electron chi connectivity index (χ4n) is 5.03. The van der Waals surface area contributed by atoms with Crippen LogP contribution in [0.2, 0.25) is 0 Å². The van der Waals surface area contributed by atoms with E-state index in [1.165, 1.54) is 6.07 Å². The molecule has 14 nitrogen and oxygen atoms in total. The van der Waals surface area contributed by atoms with Gasteiger partial charge in [-0.2, -0.15) is 0 Å². The number of imide groups is 2. The average molecular weight is 622 g/mol. The number of ether oxygens (including phenoxy) is 7. The van der Waals surface area contributed by atoms with Gasteiger partial charge in [-0.1, -0.05) is 6.07 Å². The molecule has 1 aromatic rings. The highest BCUT2D eigenvalue weighted by Crippen LogP contribution is 2.33. The van der Waals surface area contributed by atoms with Crippen molar-refractivity contribution >= 4 is 23.6 Å². The van der Waals surface area contributed by atoms with Crippen LogP contribution in [-0.4, -0.2) is 133 Å². The number of benzene rings is 1. The Balaban J connectivity index is 0.959. The number of fused-ring (bicyclic) bond motifs is 1. The zero-order valence-electron chi connectivity index (χ0n) is 25.1. The first kappa shape index (κ1) is 33.9. The van der Waals surface area contributed by atoms with E-state index in [1.54, 1.807) is 12.1 Å². The van der Waals surface area contributed by atoms with Gasteiger partial charge >= 0.3 is 0 Å². The summed E-state index contributed by atoms with van der Waals surface area (Å²) in [5, 5.41) is 5.50. The number of carbonyl (C=O) groups is 4. The minimum Gasteiger partial charge on any atom is -0.490 e. The van der Waals surface area contributed by atoms with Crippen LogP contribution in [0.3, 0.4) is 0 Å². The van der Waals surface area contributed by atoms with E-state index >= 15 is 0 Å². The van der Waals surface area contributed by atoms with Crippen molar-refractivity contribution in [3.8, 4) is 5.75 Å². The van der Waals surface area contributed by atoms with Crippen LogP contribution in [0.1, 0.15) is 46.4 Å². The number of hydrogen-bond donors (Lipinski definition) is 2. The maximum atomic E-state index is 13.1. The van der Waals surface area contributed by atoms with Crippen molar-refractivity contribution in [1.29, 1.82) is 0 Å². The van der Waals surface area contributed by atoms with Gasteiger partial charge in [-0.3, -0.25) is 29.4 Å². The smallest absolute Gasteiger partial charge is 0.266 e. The predicted octanol–water partition coefficient (Wildman–Crippen LogP) is 0.318. The second-order valence-corrected chi connectivity index (χ2v) is 10.4. The normalized spacial score (nSPS) is 19.0. The fourth-order valence-corrected chi connectivity index (χ4v) is 5.03. The van der Waals surface area contributed by atoms with Gasteiger partial charge in [-0.05, 0) is 44.5 Å². The fraction of sp³-hybridized carbons (Fsp3) is 0.667. The quantitative estimate of drug-likeness (QED) is 0.143. The van der Waals surface area contributed by atoms with Gasteiger partial charge in [0, 0.05) is 6.42 Å². The maximum Gasteiger partial charge on any atom is 0.266 e. The molecule has 2 saturated heterocycles. The molecule has 1 aromatic carbocycles. The van der Waals surface area contributed by atoms with E-state index in [0.29, 0.717) is 72.2 Å². The highest BCUT2D eigenvalue weighted by atomic mass is 16.6. The highest BCUT2D eigenvalue weighted by Gasteiger charge is 2.46. The van der Waals surface area contributed by atoms with Crippen molar-refractivity contribution < 1.29 is 52.3 Å². The molecule has 2 fully saturated rings. The van der Waals surface area contributed by atoms with Gasteiger partial charge in [-0.15, -0.1) is 0 Å². The lowest BCUT2D eigenvalue weighted by Crippen LogP contribution is -2.54. The van der Waals surface area contributed by atoms with Gasteiger partial charge in [0.2, 0.25) is 11.8 Å². The first-order valence-corrected chi connectivity index (χ1v) is 15.2. The molecule has 1 atom stereocenters.